The number of anilines is 1. The average molecular weight is 504 g/mol. The van der Waals surface area contributed by atoms with E-state index in [2.05, 4.69) is 5.32 Å². The van der Waals surface area contributed by atoms with Crippen LogP contribution in [0, 0.1) is 0 Å². The Morgan fingerprint density at radius 1 is 1.03 bits per heavy atom. The Bertz CT molecular complexity index is 1440. The van der Waals surface area contributed by atoms with Gasteiger partial charge in [-0.2, -0.15) is 0 Å². The third-order valence-electron chi connectivity index (χ3n) is 6.01. The molecule has 5 rings (SSSR count). The predicted molar refractivity (Wildman–Crippen MR) is 143 cm³/mol. The molecule has 2 heterocycles. The molecule has 2 amide bonds. The Labute approximate surface area is 211 Å². The molecule has 1 fully saturated rings. The summed E-state index contributed by atoms with van der Waals surface area (Å²) in [4.78, 5) is 39.6. The summed E-state index contributed by atoms with van der Waals surface area (Å²) in [5.41, 5.74) is 4.14. The molecule has 1 aliphatic rings. The summed E-state index contributed by atoms with van der Waals surface area (Å²) in [6.45, 7) is 4.52. The molecule has 4 aromatic rings. The summed E-state index contributed by atoms with van der Waals surface area (Å²) in [5, 5.41) is 2.86. The third kappa shape index (κ3) is 4.76. The van der Waals surface area contributed by atoms with E-state index < -0.39 is 0 Å². The summed E-state index contributed by atoms with van der Waals surface area (Å²) in [6, 6.07) is 23.0. The highest BCUT2D eigenvalue weighted by molar-refractivity contribution is 8.00. The number of nitrogens with zero attached hydrogens (tertiary/aromatic N) is 2. The molecule has 0 aliphatic carbocycles. The molecule has 8 heteroatoms. The van der Waals surface area contributed by atoms with Crippen LogP contribution >= 0.6 is 23.1 Å². The number of hydrogen-bond donors (Lipinski definition) is 1. The van der Waals surface area contributed by atoms with Crippen LogP contribution in [0.25, 0.3) is 10.2 Å². The van der Waals surface area contributed by atoms with Crippen molar-refractivity contribution in [2.45, 2.75) is 31.8 Å². The second kappa shape index (κ2) is 9.71. The molecular formula is C27H25N3O3S2. The summed E-state index contributed by atoms with van der Waals surface area (Å²) in [7, 11) is 0. The van der Waals surface area contributed by atoms with Crippen molar-refractivity contribution in [3.05, 3.63) is 99.2 Å². The van der Waals surface area contributed by atoms with Gasteiger partial charge in [-0.25, -0.2) is 0 Å². The van der Waals surface area contributed by atoms with Crippen molar-refractivity contribution in [3.8, 4) is 0 Å². The molecule has 1 aliphatic heterocycles. The van der Waals surface area contributed by atoms with Crippen LogP contribution in [0.5, 0.6) is 0 Å². The maximum Gasteiger partial charge on any atom is 0.308 e. The van der Waals surface area contributed by atoms with E-state index in [1.165, 1.54) is 11.3 Å². The highest BCUT2D eigenvalue weighted by Crippen LogP contribution is 2.39. The van der Waals surface area contributed by atoms with Gasteiger partial charge in [0.15, 0.2) is 0 Å². The number of fused-ring (bicyclic) bond motifs is 1. The van der Waals surface area contributed by atoms with Crippen LogP contribution in [0.4, 0.5) is 5.69 Å². The van der Waals surface area contributed by atoms with Crippen molar-refractivity contribution < 1.29 is 9.59 Å². The van der Waals surface area contributed by atoms with E-state index >= 15 is 0 Å². The molecule has 0 saturated carbocycles. The normalized spacial score (nSPS) is 15.8. The quantitative estimate of drug-likeness (QED) is 0.368. The van der Waals surface area contributed by atoms with Crippen LogP contribution in [0.2, 0.25) is 0 Å². The van der Waals surface area contributed by atoms with E-state index in [0.717, 1.165) is 21.3 Å². The van der Waals surface area contributed by atoms with Crippen LogP contribution in [0.1, 0.15) is 46.7 Å². The molecule has 3 aromatic carbocycles. The topological polar surface area (TPSA) is 71.4 Å². The number of carbonyl (C=O) groups is 2. The zero-order valence-electron chi connectivity index (χ0n) is 19.4. The number of hydrogen-bond acceptors (Lipinski definition) is 5. The first-order valence-corrected chi connectivity index (χ1v) is 13.3. The molecule has 1 saturated heterocycles. The Morgan fingerprint density at radius 3 is 2.49 bits per heavy atom. The highest BCUT2D eigenvalue weighted by atomic mass is 32.2. The SMILES string of the molecule is CC(C)n1c(=O)sc2cc(NC(=O)c3ccc(C4SCC(=O)N4Cc4ccccc4)cc3)ccc21. The third-order valence-corrected chi connectivity index (χ3v) is 8.18. The molecule has 1 atom stereocenters. The van der Waals surface area contributed by atoms with E-state index in [0.29, 0.717) is 23.5 Å². The van der Waals surface area contributed by atoms with Crippen LogP contribution in [0.3, 0.4) is 0 Å². The number of rotatable bonds is 6. The maximum atomic E-state index is 12.9. The Hall–Kier alpha value is -3.36. The van der Waals surface area contributed by atoms with Gasteiger partial charge in [0, 0.05) is 23.8 Å². The van der Waals surface area contributed by atoms with Crippen LogP contribution in [-0.4, -0.2) is 27.0 Å². The fourth-order valence-electron chi connectivity index (χ4n) is 4.29. The number of thiazole rings is 1. The van der Waals surface area contributed by atoms with Gasteiger partial charge in [-0.15, -0.1) is 11.8 Å². The van der Waals surface area contributed by atoms with Gasteiger partial charge in [0.05, 0.1) is 16.0 Å². The van der Waals surface area contributed by atoms with Gasteiger partial charge in [-0.3, -0.25) is 19.0 Å². The van der Waals surface area contributed by atoms with Gasteiger partial charge in [0.1, 0.15) is 5.37 Å². The van der Waals surface area contributed by atoms with Gasteiger partial charge in [-0.05, 0) is 55.3 Å². The number of nitrogens with one attached hydrogen (secondary N) is 1. The second-order valence-electron chi connectivity index (χ2n) is 8.76. The van der Waals surface area contributed by atoms with Crippen molar-refractivity contribution in [2.24, 2.45) is 0 Å². The molecule has 1 unspecified atom stereocenters. The lowest BCUT2D eigenvalue weighted by Gasteiger charge is -2.24. The lowest BCUT2D eigenvalue weighted by molar-refractivity contribution is -0.128. The van der Waals surface area contributed by atoms with Gasteiger partial charge in [0.25, 0.3) is 5.91 Å². The fraction of sp³-hybridized carbons (Fsp3) is 0.222. The summed E-state index contributed by atoms with van der Waals surface area (Å²) in [5.74, 6) is 0.352. The van der Waals surface area contributed by atoms with E-state index in [9.17, 15) is 14.4 Å². The molecule has 0 bridgehead atoms. The number of aromatic nitrogens is 1. The van der Waals surface area contributed by atoms with Crippen molar-refractivity contribution in [2.75, 3.05) is 11.1 Å². The van der Waals surface area contributed by atoms with E-state index in [4.69, 9.17) is 0 Å². The second-order valence-corrected chi connectivity index (χ2v) is 10.8. The lowest BCUT2D eigenvalue weighted by atomic mass is 10.1. The lowest BCUT2D eigenvalue weighted by Crippen LogP contribution is -2.27. The first-order valence-electron chi connectivity index (χ1n) is 11.4. The standard InChI is InChI=1S/C27H25N3O3S2/c1-17(2)30-22-13-12-21(14-23(22)35-27(30)33)28-25(32)19-8-10-20(11-9-19)26-29(24(31)16-34-26)15-18-6-4-3-5-7-18/h3-14,17,26H,15-16H2,1-2H3,(H,28,32). The number of benzene rings is 3. The number of carbonyl (C=O) groups excluding carboxylic acids is 2. The smallest absolute Gasteiger partial charge is 0.308 e. The fourth-order valence-corrected chi connectivity index (χ4v) is 6.53. The van der Waals surface area contributed by atoms with Gasteiger partial charge >= 0.3 is 4.87 Å². The van der Waals surface area contributed by atoms with Crippen molar-refractivity contribution in [1.82, 2.24) is 9.47 Å². The molecule has 6 nitrogen and oxygen atoms in total. The monoisotopic (exact) mass is 503 g/mol. The van der Waals surface area contributed by atoms with Crippen LogP contribution < -0.4 is 10.2 Å². The molecule has 178 valence electrons. The first kappa shape index (κ1) is 23.4. The average Bonchev–Trinajstić information content (AvgIpc) is 3.38. The molecular weight excluding hydrogens is 478 g/mol. The van der Waals surface area contributed by atoms with Gasteiger partial charge < -0.3 is 10.2 Å². The Kier molecular flexibility index (Phi) is 6.49. The molecule has 0 spiro atoms. The van der Waals surface area contributed by atoms with Crippen molar-refractivity contribution in [3.63, 3.8) is 0 Å². The van der Waals surface area contributed by atoms with Crippen LogP contribution in [0.15, 0.2) is 77.6 Å². The Morgan fingerprint density at radius 2 is 1.77 bits per heavy atom. The van der Waals surface area contributed by atoms with Crippen molar-refractivity contribution in [1.29, 1.82) is 0 Å². The molecule has 1 N–H and O–H groups in total. The maximum absolute atomic E-state index is 12.9. The minimum absolute atomic E-state index is 0.00126. The van der Waals surface area contributed by atoms with Crippen molar-refractivity contribution >= 4 is 50.8 Å². The zero-order valence-corrected chi connectivity index (χ0v) is 21.1. The summed E-state index contributed by atoms with van der Waals surface area (Å²) in [6.07, 6.45) is 0. The highest BCUT2D eigenvalue weighted by Gasteiger charge is 2.32. The largest absolute Gasteiger partial charge is 0.322 e. The van der Waals surface area contributed by atoms with E-state index in [1.54, 1.807) is 28.5 Å². The minimum Gasteiger partial charge on any atom is -0.322 e. The van der Waals surface area contributed by atoms with E-state index in [1.807, 2.05) is 79.4 Å². The Balaban J connectivity index is 1.31. The molecule has 35 heavy (non-hydrogen) atoms. The minimum atomic E-state index is -0.220. The zero-order chi connectivity index (χ0) is 24.5. The van der Waals surface area contributed by atoms with Crippen LogP contribution in [-0.2, 0) is 11.3 Å². The van der Waals surface area contributed by atoms with Gasteiger partial charge in [0.2, 0.25) is 5.91 Å². The summed E-state index contributed by atoms with van der Waals surface area (Å²) < 4.78 is 2.61. The first-order chi connectivity index (χ1) is 16.9. The molecule has 1 aromatic heterocycles. The summed E-state index contributed by atoms with van der Waals surface area (Å²) >= 11 is 2.79. The predicted octanol–water partition coefficient (Wildman–Crippen LogP) is 5.67. The van der Waals surface area contributed by atoms with Gasteiger partial charge in [-0.1, -0.05) is 53.8 Å². The van der Waals surface area contributed by atoms with E-state index in [-0.39, 0.29) is 28.1 Å². The number of thioether (sulfide) groups is 1. The number of amides is 2. The molecule has 0 radical (unpaired) electrons.